The van der Waals surface area contributed by atoms with Gasteiger partial charge in [0.1, 0.15) is 6.61 Å². The highest BCUT2D eigenvalue weighted by Gasteiger charge is 2.22. The first-order chi connectivity index (χ1) is 25.3. The van der Waals surface area contributed by atoms with Crippen LogP contribution in [0.1, 0.15) is 129 Å². The van der Waals surface area contributed by atoms with Gasteiger partial charge in [0.15, 0.2) is 6.10 Å². The Labute approximate surface area is 315 Å². The first-order valence-corrected chi connectivity index (χ1v) is 20.7. The van der Waals surface area contributed by atoms with Gasteiger partial charge < -0.3 is 19.3 Å². The number of rotatable bonds is 33. The van der Waals surface area contributed by atoms with Crippen molar-refractivity contribution in [3.63, 3.8) is 0 Å². The number of carbonyl (C=O) groups excluding carboxylic acids is 2. The summed E-state index contributed by atoms with van der Waals surface area (Å²) in [7, 11) is -4.78. The molecule has 1 atom stereocenters. The van der Waals surface area contributed by atoms with Crippen LogP contribution in [-0.4, -0.2) is 41.0 Å². The number of phosphoric ester groups is 1. The summed E-state index contributed by atoms with van der Waals surface area (Å²) in [4.78, 5) is 42.7. The summed E-state index contributed by atoms with van der Waals surface area (Å²) in [6.07, 6.45) is 52.5. The number of carbonyl (C=O) groups is 2. The molecule has 0 unspecified atom stereocenters. The van der Waals surface area contributed by atoms with E-state index in [1.165, 1.54) is 0 Å². The monoisotopic (exact) mass is 742 g/mol. The number of hydrogen-bond acceptors (Lipinski definition) is 6. The van der Waals surface area contributed by atoms with E-state index in [-0.39, 0.29) is 19.4 Å². The fourth-order valence-corrected chi connectivity index (χ4v) is 4.89. The van der Waals surface area contributed by atoms with Gasteiger partial charge in [0.05, 0.1) is 6.61 Å². The Morgan fingerprint density at radius 2 is 0.904 bits per heavy atom. The quantitative estimate of drug-likeness (QED) is 0.0295. The fourth-order valence-electron chi connectivity index (χ4n) is 4.53. The van der Waals surface area contributed by atoms with Crippen LogP contribution in [0, 0.1) is 0 Å². The molecule has 292 valence electrons. The van der Waals surface area contributed by atoms with E-state index in [0.717, 1.165) is 89.9 Å². The van der Waals surface area contributed by atoms with Gasteiger partial charge in [-0.1, -0.05) is 142 Å². The van der Waals surface area contributed by atoms with Crippen LogP contribution in [0.2, 0.25) is 0 Å². The number of esters is 2. The topological polar surface area (TPSA) is 119 Å². The minimum absolute atomic E-state index is 0.131. The van der Waals surface area contributed by atoms with Crippen LogP contribution in [0.4, 0.5) is 0 Å². The van der Waals surface area contributed by atoms with E-state index in [4.69, 9.17) is 19.3 Å². The molecule has 0 aliphatic carbocycles. The van der Waals surface area contributed by atoms with Gasteiger partial charge in [0, 0.05) is 12.8 Å². The third kappa shape index (κ3) is 39.5. The summed E-state index contributed by atoms with van der Waals surface area (Å²) in [5, 5.41) is 0. The molecule has 0 bridgehead atoms. The van der Waals surface area contributed by atoms with Crippen molar-refractivity contribution in [1.29, 1.82) is 0 Å². The van der Waals surface area contributed by atoms with Crippen molar-refractivity contribution in [3.8, 4) is 0 Å². The maximum absolute atomic E-state index is 12.4. The zero-order valence-corrected chi connectivity index (χ0v) is 32.8. The summed E-state index contributed by atoms with van der Waals surface area (Å²) >= 11 is 0. The Morgan fingerprint density at radius 3 is 1.37 bits per heavy atom. The van der Waals surface area contributed by atoms with Gasteiger partial charge in [-0.05, 0) is 83.5 Å². The van der Waals surface area contributed by atoms with Crippen LogP contribution in [0.25, 0.3) is 0 Å². The Morgan fingerprint density at radius 1 is 0.500 bits per heavy atom. The molecule has 0 spiro atoms. The molecule has 52 heavy (non-hydrogen) atoms. The second-order valence-corrected chi connectivity index (χ2v) is 13.4. The number of ether oxygens (including phenoxy) is 2. The van der Waals surface area contributed by atoms with Crippen molar-refractivity contribution in [2.75, 3.05) is 13.2 Å². The SMILES string of the molecule is CC/C=C/C/C=C/C/C=C/C/C=C/C/C=C/C/C=C/CCC(=O)OC[C@H](COP(=O)(O)O)OC(=O)CCCCCCC/C=C/C/C=C/C/C=C/CC. The zero-order valence-electron chi connectivity index (χ0n) is 31.9. The van der Waals surface area contributed by atoms with Crippen molar-refractivity contribution >= 4 is 19.8 Å². The summed E-state index contributed by atoms with van der Waals surface area (Å²) in [6.45, 7) is 3.35. The van der Waals surface area contributed by atoms with E-state index in [9.17, 15) is 14.2 Å². The molecule has 0 aromatic rings. The number of hydrogen-bond donors (Lipinski definition) is 2. The molecule has 0 heterocycles. The Balaban J connectivity index is 4.15. The van der Waals surface area contributed by atoms with E-state index >= 15 is 0 Å². The first kappa shape index (κ1) is 48.7. The minimum atomic E-state index is -4.78. The van der Waals surface area contributed by atoms with Crippen LogP contribution in [-0.2, 0) is 28.2 Å². The average molecular weight is 743 g/mol. The number of unbranched alkanes of at least 4 members (excludes halogenated alkanes) is 5. The average Bonchev–Trinajstić information content (AvgIpc) is 3.11. The molecule has 0 aliphatic rings. The lowest BCUT2D eigenvalue weighted by Crippen LogP contribution is -2.29. The molecule has 0 aromatic carbocycles. The first-order valence-electron chi connectivity index (χ1n) is 19.2. The summed E-state index contributed by atoms with van der Waals surface area (Å²) in [6, 6.07) is 0. The van der Waals surface area contributed by atoms with Crippen LogP contribution in [0.5, 0.6) is 0 Å². The van der Waals surface area contributed by atoms with E-state index in [1.807, 2.05) is 12.2 Å². The van der Waals surface area contributed by atoms with Gasteiger partial charge in [-0.15, -0.1) is 0 Å². The van der Waals surface area contributed by atoms with Crippen molar-refractivity contribution in [3.05, 3.63) is 109 Å². The maximum atomic E-state index is 12.4. The molecule has 8 nitrogen and oxygen atoms in total. The van der Waals surface area contributed by atoms with E-state index in [2.05, 4.69) is 116 Å². The fraction of sp³-hybridized carbons (Fsp3) is 0.535. The molecule has 0 aliphatic heterocycles. The standard InChI is InChI=1S/C43H67O8P/c1-3-5-7-9-11-13-15-17-19-20-21-22-24-25-27-29-31-33-35-37-42(44)49-39-41(40-50-52(46,47)48)51-43(45)38-36-34-32-30-28-26-23-18-16-14-12-10-8-6-4-2/h5-8,11-14,17-19,21-23,25,27,31,33,41H,3-4,9-10,15-16,20,24,26,28-30,32,34-40H2,1-2H3,(H2,46,47,48)/b7-5+,8-6+,13-11+,14-12+,19-17+,22-21+,23-18+,27-25+,33-31+/t41-/m1/s1. The normalized spacial score (nSPS) is 13.7. The molecule has 2 N–H and O–H groups in total. The van der Waals surface area contributed by atoms with Gasteiger partial charge in [0.2, 0.25) is 0 Å². The van der Waals surface area contributed by atoms with E-state index in [1.54, 1.807) is 0 Å². The lowest BCUT2D eigenvalue weighted by molar-refractivity contribution is -0.161. The van der Waals surface area contributed by atoms with Crippen molar-refractivity contribution in [1.82, 2.24) is 0 Å². The molecule has 0 radical (unpaired) electrons. The third-order valence-electron chi connectivity index (χ3n) is 7.30. The summed E-state index contributed by atoms with van der Waals surface area (Å²) in [5.41, 5.74) is 0. The predicted molar refractivity (Wildman–Crippen MR) is 216 cm³/mol. The van der Waals surface area contributed by atoms with Gasteiger partial charge in [-0.25, -0.2) is 4.57 Å². The molecule has 0 rings (SSSR count). The molecule has 0 saturated heterocycles. The largest absolute Gasteiger partial charge is 0.469 e. The number of allylic oxidation sites excluding steroid dienone is 18. The second kappa shape index (κ2) is 37.5. The second-order valence-electron chi connectivity index (χ2n) is 12.1. The predicted octanol–water partition coefficient (Wildman–Crippen LogP) is 11.6. The molecule has 0 saturated carbocycles. The van der Waals surface area contributed by atoms with Crippen LogP contribution in [0.3, 0.4) is 0 Å². The van der Waals surface area contributed by atoms with Gasteiger partial charge >= 0.3 is 19.8 Å². The molecule has 0 aromatic heterocycles. The molecular formula is C43H67O8P. The van der Waals surface area contributed by atoms with Crippen LogP contribution < -0.4 is 0 Å². The Bertz CT molecular complexity index is 1200. The van der Waals surface area contributed by atoms with Gasteiger partial charge in [-0.3, -0.25) is 14.1 Å². The van der Waals surface area contributed by atoms with Crippen LogP contribution in [0.15, 0.2) is 109 Å². The lowest BCUT2D eigenvalue weighted by Gasteiger charge is -2.18. The lowest BCUT2D eigenvalue weighted by atomic mass is 10.1. The number of phosphoric acid groups is 1. The molecule has 0 amide bonds. The summed E-state index contributed by atoms with van der Waals surface area (Å²) in [5.74, 6) is -1.02. The highest BCUT2D eigenvalue weighted by Crippen LogP contribution is 2.35. The highest BCUT2D eigenvalue weighted by molar-refractivity contribution is 7.46. The van der Waals surface area contributed by atoms with E-state index in [0.29, 0.717) is 12.8 Å². The maximum Gasteiger partial charge on any atom is 0.469 e. The molecular weight excluding hydrogens is 675 g/mol. The zero-order chi connectivity index (χ0) is 38.2. The minimum Gasteiger partial charge on any atom is -0.462 e. The Hall–Kier alpha value is -3.29. The van der Waals surface area contributed by atoms with Crippen LogP contribution >= 0.6 is 7.82 Å². The third-order valence-corrected chi connectivity index (χ3v) is 7.79. The summed E-state index contributed by atoms with van der Waals surface area (Å²) < 4.78 is 26.2. The van der Waals surface area contributed by atoms with Crippen molar-refractivity contribution < 1.29 is 37.9 Å². The molecule has 9 heteroatoms. The van der Waals surface area contributed by atoms with Crippen molar-refractivity contribution in [2.24, 2.45) is 0 Å². The highest BCUT2D eigenvalue weighted by atomic mass is 31.2. The smallest absolute Gasteiger partial charge is 0.462 e. The Kier molecular flexibility index (Phi) is 35.1. The van der Waals surface area contributed by atoms with Gasteiger partial charge in [-0.2, -0.15) is 0 Å². The van der Waals surface area contributed by atoms with E-state index < -0.39 is 32.5 Å². The molecule has 0 fully saturated rings. The van der Waals surface area contributed by atoms with Gasteiger partial charge in [0.25, 0.3) is 0 Å². The van der Waals surface area contributed by atoms with Crippen molar-refractivity contribution in [2.45, 2.75) is 136 Å².